The van der Waals surface area contributed by atoms with Crippen molar-refractivity contribution in [3.05, 3.63) is 322 Å². The molecule has 9 aromatic heterocycles. The molecule has 17 aromatic rings. The van der Waals surface area contributed by atoms with Crippen LogP contribution in [-0.2, 0) is 81.5 Å². The number of nitrogens with zero attached hydrogens (tertiary/aromatic N) is 14. The van der Waals surface area contributed by atoms with Crippen LogP contribution in [0.4, 0.5) is 0 Å². The van der Waals surface area contributed by atoms with Crippen LogP contribution >= 0.6 is 0 Å². The third-order valence-electron chi connectivity index (χ3n) is 14.8. The van der Waals surface area contributed by atoms with Gasteiger partial charge in [-0.3, -0.25) is 23.7 Å². The molecule has 0 amide bonds. The van der Waals surface area contributed by atoms with Gasteiger partial charge < -0.3 is 24.9 Å². The van der Waals surface area contributed by atoms with Crippen molar-refractivity contribution in [3.8, 4) is 51.5 Å². The Morgan fingerprint density at radius 1 is 0.368 bits per heavy atom. The molecule has 0 atom stereocenters. The van der Waals surface area contributed by atoms with Crippen LogP contribution in [0.15, 0.2) is 287 Å². The van der Waals surface area contributed by atoms with Crippen LogP contribution in [0.1, 0.15) is 16.7 Å². The number of benzene rings is 8. The van der Waals surface area contributed by atoms with Gasteiger partial charge in [-0.2, -0.15) is 59.3 Å². The van der Waals surface area contributed by atoms with Gasteiger partial charge in [0.1, 0.15) is 37.2 Å². The average Bonchev–Trinajstić information content (AvgIpc) is 1.78. The first-order valence-electron chi connectivity index (χ1n) is 30.0. The Morgan fingerprint density at radius 3 is 1.23 bits per heavy atom. The maximum absolute atomic E-state index is 4.62. The molecule has 477 valence electrons. The number of imidazole rings is 5. The zero-order chi connectivity index (χ0) is 63.2. The zero-order valence-corrected chi connectivity index (χ0v) is 60.1. The van der Waals surface area contributed by atoms with Crippen LogP contribution in [0.5, 0.6) is 0 Å². The molecule has 95 heavy (non-hydrogen) atoms. The second-order valence-electron chi connectivity index (χ2n) is 22.0. The van der Waals surface area contributed by atoms with Gasteiger partial charge in [-0.25, -0.2) is 18.7 Å². The molecule has 0 spiro atoms. The molecule has 3 radical (unpaired) electrons. The maximum Gasteiger partial charge on any atom is 0.163 e. The number of para-hydroxylation sites is 5. The quantitative estimate of drug-likeness (QED) is 0.150. The normalized spacial score (nSPS) is 10.4. The molecule has 0 unspecified atom stereocenters. The maximum atomic E-state index is 4.62. The molecule has 0 aliphatic rings. The third kappa shape index (κ3) is 17.7. The Morgan fingerprint density at radius 2 is 0.789 bits per heavy atom. The van der Waals surface area contributed by atoms with E-state index in [2.05, 4.69) is 152 Å². The van der Waals surface area contributed by atoms with E-state index in [-0.39, 0.29) is 60.3 Å². The van der Waals surface area contributed by atoms with Gasteiger partial charge in [0, 0.05) is 127 Å². The summed E-state index contributed by atoms with van der Waals surface area (Å²) in [5, 5.41) is 5.72. The molecule has 14 nitrogen and oxygen atoms in total. The average molecular weight is 1780 g/mol. The van der Waals surface area contributed by atoms with Gasteiger partial charge in [-0.1, -0.05) is 154 Å². The largest absolute Gasteiger partial charge is 0.662 e. The van der Waals surface area contributed by atoms with Crippen LogP contribution in [0.3, 0.4) is 0 Å². The fourth-order valence-corrected chi connectivity index (χ4v) is 10.0. The smallest absolute Gasteiger partial charge is 0.163 e. The van der Waals surface area contributed by atoms with Gasteiger partial charge >= 0.3 is 0 Å². The summed E-state index contributed by atoms with van der Waals surface area (Å²) in [5.74, 6) is 1.38. The van der Waals surface area contributed by atoms with E-state index in [4.69, 9.17) is 0 Å². The monoisotopic (exact) mass is 1780 g/mol. The van der Waals surface area contributed by atoms with Crippen molar-refractivity contribution in [2.45, 2.75) is 20.8 Å². The van der Waals surface area contributed by atoms with Crippen LogP contribution in [0.2, 0.25) is 0 Å². The van der Waals surface area contributed by atoms with Crippen molar-refractivity contribution in [2.24, 2.45) is 21.1 Å². The van der Waals surface area contributed by atoms with E-state index in [9.17, 15) is 0 Å². The summed E-state index contributed by atoms with van der Waals surface area (Å²) in [4.78, 5) is 35.9. The third-order valence-corrected chi connectivity index (χ3v) is 14.8. The van der Waals surface area contributed by atoms with E-state index in [1.807, 2.05) is 250 Å². The van der Waals surface area contributed by atoms with Crippen molar-refractivity contribution < 1.29 is 60.3 Å². The predicted molar refractivity (Wildman–Crippen MR) is 370 cm³/mol. The Balaban J connectivity index is 0.000000134. The van der Waals surface area contributed by atoms with Gasteiger partial charge in [0.25, 0.3) is 0 Å². The molecule has 9 heterocycles. The first kappa shape index (κ1) is 69.1. The van der Waals surface area contributed by atoms with Gasteiger partial charge in [-0.05, 0) is 68.8 Å². The van der Waals surface area contributed by atoms with E-state index >= 15 is 0 Å². The first-order chi connectivity index (χ1) is 45.0. The molecule has 8 aromatic carbocycles. The van der Waals surface area contributed by atoms with Crippen molar-refractivity contribution in [1.82, 2.24) is 67.3 Å². The van der Waals surface area contributed by atoms with E-state index < -0.39 is 0 Å². The number of pyridine rings is 3. The number of hydrogen-bond donors (Lipinski definition) is 0. The number of aromatic nitrogens is 14. The van der Waals surface area contributed by atoms with E-state index in [0.717, 1.165) is 89.0 Å². The summed E-state index contributed by atoms with van der Waals surface area (Å²) in [6.45, 7) is 6.20. The van der Waals surface area contributed by atoms with Gasteiger partial charge in [-0.15, -0.1) is 42.1 Å². The minimum Gasteiger partial charge on any atom is -0.662 e. The summed E-state index contributed by atoms with van der Waals surface area (Å²) >= 11 is 0. The number of hydrogen-bond acceptors (Lipinski definition) is 5. The molecule has 0 saturated carbocycles. The topological polar surface area (TPSA) is 136 Å². The molecule has 0 bridgehead atoms. The van der Waals surface area contributed by atoms with Crippen LogP contribution in [-0.4, -0.2) is 52.3 Å². The zero-order valence-electron chi connectivity index (χ0n) is 52.9. The minimum atomic E-state index is 0. The van der Waals surface area contributed by atoms with Gasteiger partial charge in [0.05, 0.1) is 22.6 Å². The van der Waals surface area contributed by atoms with E-state index in [1.54, 1.807) is 12.4 Å². The van der Waals surface area contributed by atoms with Crippen molar-refractivity contribution in [1.29, 1.82) is 0 Å². The van der Waals surface area contributed by atoms with Crippen LogP contribution in [0, 0.1) is 39.0 Å². The molecular formula is C78H65Ir3N14-3. The summed E-state index contributed by atoms with van der Waals surface area (Å²) < 4.78 is 12.1. The fraction of sp³-hybridized carbons (Fsp3) is 0.0769. The Labute approximate surface area is 592 Å². The molecule has 17 rings (SSSR count). The molecule has 0 N–H and O–H groups in total. The summed E-state index contributed by atoms with van der Waals surface area (Å²) in [6.07, 6.45) is 23.5. The Kier molecular flexibility index (Phi) is 24.1. The van der Waals surface area contributed by atoms with Crippen molar-refractivity contribution >= 4 is 54.5 Å². The fourth-order valence-electron chi connectivity index (χ4n) is 10.0. The van der Waals surface area contributed by atoms with E-state index in [1.165, 1.54) is 22.1 Å². The molecule has 0 aliphatic heterocycles. The minimum absolute atomic E-state index is 0. The van der Waals surface area contributed by atoms with Crippen LogP contribution < -0.4 is 15.0 Å². The first-order valence-corrected chi connectivity index (χ1v) is 30.0. The number of aryl methyl sites for hydroxylation is 6. The number of rotatable bonds is 6. The molecular weight excluding hydrogens is 1710 g/mol. The van der Waals surface area contributed by atoms with Crippen molar-refractivity contribution in [2.75, 3.05) is 0 Å². The molecule has 0 fully saturated rings. The molecule has 0 aliphatic carbocycles. The Bertz CT molecular complexity index is 4930. The molecule has 17 heteroatoms. The molecule has 0 saturated heterocycles. The standard InChI is InChI=1S/2C16H10N3.C13H9N2.3C11H12N2.3Ir/c1-2-6-12-11(5-1)9-10-17-15(12)16-18-13-7-3-4-8-14(13)19-16;1-2-6-12-11(5-1)9-10-15(17-12)16-18-13-7-3-4-8-14(13)19-16;1-2-5-11-10(4-1)7-9-15-13(11)12-6-3-8-14-12;3*1-10-3-5-11(6-4-10)13-8-7-12(2)9-13;;;/h2*1-10H;1-9H;3*3-5,7-9H,1-2H3;;;/q3*-1;;;;;;. The summed E-state index contributed by atoms with van der Waals surface area (Å²) in [5.41, 5.74) is 15.1. The summed E-state index contributed by atoms with van der Waals surface area (Å²) in [7, 11) is 6.01. The predicted octanol–water partition coefficient (Wildman–Crippen LogP) is 16.3. The Hall–Kier alpha value is -10.2. The van der Waals surface area contributed by atoms with E-state index in [0.29, 0.717) is 11.6 Å². The van der Waals surface area contributed by atoms with Crippen LogP contribution in [0.25, 0.3) is 106 Å². The second-order valence-corrected chi connectivity index (χ2v) is 22.0. The number of fused-ring (bicyclic) bond motifs is 5. The second kappa shape index (κ2) is 33.1. The van der Waals surface area contributed by atoms with Crippen molar-refractivity contribution in [3.63, 3.8) is 0 Å². The summed E-state index contributed by atoms with van der Waals surface area (Å²) in [6, 6.07) is 80.2. The SMILES string of the molecule is Cc1c[c-]c(-n2ccn(C)[cH+]2)cc1.Cc1c[c-]c(-n2ccn(C)[cH+]2)cc1.Cc1c[c-]c(-n2ccn(C)[cH+]2)cc1.[Ir].[Ir].[Ir].c1c[n-]c(-c2nccc3ccccc23)c1.c1ccc2c(-c3nc4ccccc4[n-]3)nccc2c1.c1ccc2nc(-c3nc4ccccc4[n-]3)ccc2c1. The van der Waals surface area contributed by atoms with Gasteiger partial charge in [0.2, 0.25) is 0 Å². The van der Waals surface area contributed by atoms with Gasteiger partial charge in [0.15, 0.2) is 19.0 Å².